The largest absolute Gasteiger partial charge is 0.355 e. The van der Waals surface area contributed by atoms with Crippen LogP contribution >= 0.6 is 0 Å². The van der Waals surface area contributed by atoms with Crippen molar-refractivity contribution in [3.63, 3.8) is 0 Å². The molecule has 2 rings (SSSR count). The molecule has 0 bridgehead atoms. The Bertz CT molecular complexity index is 371. The van der Waals surface area contributed by atoms with Gasteiger partial charge >= 0.3 is 0 Å². The van der Waals surface area contributed by atoms with Crippen LogP contribution in [0.4, 0.5) is 0 Å². The first-order valence-corrected chi connectivity index (χ1v) is 6.25. The van der Waals surface area contributed by atoms with Crippen LogP contribution in [-0.2, 0) is 11.2 Å². The Kier molecular flexibility index (Phi) is 3.79. The van der Waals surface area contributed by atoms with Crippen molar-refractivity contribution in [2.24, 2.45) is 11.1 Å². The Balaban J connectivity index is 1.68. The van der Waals surface area contributed by atoms with Gasteiger partial charge in [-0.2, -0.15) is 0 Å². The Morgan fingerprint density at radius 3 is 2.59 bits per heavy atom. The number of hydrogen-bond acceptors (Lipinski definition) is 2. The fraction of sp³-hybridized carbons (Fsp3) is 0.500. The average molecular weight is 232 g/mol. The highest BCUT2D eigenvalue weighted by Gasteiger charge is 2.41. The first-order chi connectivity index (χ1) is 8.24. The summed E-state index contributed by atoms with van der Waals surface area (Å²) in [4.78, 5) is 11.7. The maximum atomic E-state index is 11.7. The minimum atomic E-state index is 0.133. The highest BCUT2D eigenvalue weighted by atomic mass is 16.1. The van der Waals surface area contributed by atoms with Gasteiger partial charge in [0.1, 0.15) is 0 Å². The molecule has 0 spiro atoms. The molecule has 0 unspecified atom stereocenters. The van der Waals surface area contributed by atoms with E-state index in [0.29, 0.717) is 13.0 Å². The summed E-state index contributed by atoms with van der Waals surface area (Å²) in [6.45, 7) is 1.43. The van der Waals surface area contributed by atoms with Gasteiger partial charge in [0.15, 0.2) is 0 Å². The summed E-state index contributed by atoms with van der Waals surface area (Å²) in [5.41, 5.74) is 7.10. The van der Waals surface area contributed by atoms with Crippen LogP contribution in [0.2, 0.25) is 0 Å². The summed E-state index contributed by atoms with van der Waals surface area (Å²) < 4.78 is 0. The van der Waals surface area contributed by atoms with Crippen molar-refractivity contribution < 1.29 is 4.79 Å². The lowest BCUT2D eigenvalue weighted by atomic mass is 10.1. The van der Waals surface area contributed by atoms with Gasteiger partial charge in [-0.15, -0.1) is 0 Å². The first-order valence-electron chi connectivity index (χ1n) is 6.25. The quantitative estimate of drug-likeness (QED) is 0.780. The molecule has 0 aromatic heterocycles. The van der Waals surface area contributed by atoms with E-state index in [0.717, 1.165) is 25.8 Å². The van der Waals surface area contributed by atoms with Crippen molar-refractivity contribution in [1.29, 1.82) is 0 Å². The Morgan fingerprint density at radius 1 is 1.29 bits per heavy atom. The number of benzene rings is 1. The van der Waals surface area contributed by atoms with Crippen LogP contribution in [0.25, 0.3) is 0 Å². The second-order valence-electron chi connectivity index (χ2n) is 4.97. The van der Waals surface area contributed by atoms with E-state index in [1.54, 1.807) is 0 Å². The molecule has 0 radical (unpaired) electrons. The SMILES string of the molecule is NCC1(CNC(=O)CCc2ccccc2)CC1. The molecule has 1 saturated carbocycles. The number of nitrogens with two attached hydrogens (primary N) is 1. The predicted octanol–water partition coefficient (Wildman–Crippen LogP) is 1.47. The van der Waals surface area contributed by atoms with Crippen LogP contribution in [0.3, 0.4) is 0 Å². The van der Waals surface area contributed by atoms with Gasteiger partial charge in [0.2, 0.25) is 5.91 Å². The van der Waals surface area contributed by atoms with Crippen LogP contribution in [0, 0.1) is 5.41 Å². The number of rotatable bonds is 6. The van der Waals surface area contributed by atoms with E-state index in [4.69, 9.17) is 5.73 Å². The van der Waals surface area contributed by atoms with Gasteiger partial charge in [-0.1, -0.05) is 30.3 Å². The number of aryl methyl sites for hydroxylation is 1. The van der Waals surface area contributed by atoms with E-state index >= 15 is 0 Å². The van der Waals surface area contributed by atoms with E-state index in [-0.39, 0.29) is 11.3 Å². The monoisotopic (exact) mass is 232 g/mol. The van der Waals surface area contributed by atoms with E-state index in [2.05, 4.69) is 17.4 Å². The molecular weight excluding hydrogens is 212 g/mol. The van der Waals surface area contributed by atoms with Crippen molar-refractivity contribution in [1.82, 2.24) is 5.32 Å². The zero-order chi connectivity index (χ0) is 12.1. The Labute approximate surface area is 102 Å². The zero-order valence-corrected chi connectivity index (χ0v) is 10.1. The smallest absolute Gasteiger partial charge is 0.220 e. The minimum absolute atomic E-state index is 0.133. The zero-order valence-electron chi connectivity index (χ0n) is 10.1. The normalized spacial score (nSPS) is 16.5. The summed E-state index contributed by atoms with van der Waals surface area (Å²) in [6, 6.07) is 10.1. The summed E-state index contributed by atoms with van der Waals surface area (Å²) in [5.74, 6) is 0.133. The lowest BCUT2D eigenvalue weighted by molar-refractivity contribution is -0.121. The molecule has 1 aliphatic rings. The van der Waals surface area contributed by atoms with Crippen molar-refractivity contribution >= 4 is 5.91 Å². The van der Waals surface area contributed by atoms with Gasteiger partial charge in [0.05, 0.1) is 0 Å². The maximum absolute atomic E-state index is 11.7. The van der Waals surface area contributed by atoms with Gasteiger partial charge < -0.3 is 11.1 Å². The third-order valence-corrected chi connectivity index (χ3v) is 3.53. The molecule has 1 aromatic rings. The molecule has 1 amide bonds. The number of amides is 1. The Morgan fingerprint density at radius 2 is 2.00 bits per heavy atom. The van der Waals surface area contributed by atoms with Gasteiger partial charge in [0.25, 0.3) is 0 Å². The Hall–Kier alpha value is -1.35. The molecule has 3 N–H and O–H groups in total. The van der Waals surface area contributed by atoms with Crippen LogP contribution in [0.1, 0.15) is 24.8 Å². The van der Waals surface area contributed by atoms with Gasteiger partial charge in [-0.25, -0.2) is 0 Å². The van der Waals surface area contributed by atoms with Gasteiger partial charge in [0, 0.05) is 13.0 Å². The van der Waals surface area contributed by atoms with Crippen molar-refractivity contribution in [3.05, 3.63) is 35.9 Å². The van der Waals surface area contributed by atoms with Crippen molar-refractivity contribution in [2.75, 3.05) is 13.1 Å². The summed E-state index contributed by atoms with van der Waals surface area (Å²) >= 11 is 0. The third kappa shape index (κ3) is 3.56. The number of carbonyl (C=O) groups excluding carboxylic acids is 1. The molecular formula is C14H20N2O. The summed E-state index contributed by atoms with van der Waals surface area (Å²) in [6.07, 6.45) is 3.68. The lowest BCUT2D eigenvalue weighted by Crippen LogP contribution is -2.33. The molecule has 17 heavy (non-hydrogen) atoms. The van der Waals surface area contributed by atoms with Crippen LogP contribution in [0.15, 0.2) is 30.3 Å². The summed E-state index contributed by atoms with van der Waals surface area (Å²) in [5, 5.41) is 2.99. The van der Waals surface area contributed by atoms with E-state index in [9.17, 15) is 4.79 Å². The second-order valence-corrected chi connectivity index (χ2v) is 4.97. The molecule has 92 valence electrons. The molecule has 0 atom stereocenters. The second kappa shape index (κ2) is 5.32. The van der Waals surface area contributed by atoms with Gasteiger partial charge in [-0.3, -0.25) is 4.79 Å². The van der Waals surface area contributed by atoms with E-state index in [1.807, 2.05) is 18.2 Å². The van der Waals surface area contributed by atoms with Gasteiger partial charge in [-0.05, 0) is 36.8 Å². The molecule has 0 saturated heterocycles. The number of carbonyl (C=O) groups is 1. The molecule has 1 aliphatic carbocycles. The topological polar surface area (TPSA) is 55.1 Å². The molecule has 3 nitrogen and oxygen atoms in total. The highest BCUT2D eigenvalue weighted by Crippen LogP contribution is 2.43. The van der Waals surface area contributed by atoms with Crippen molar-refractivity contribution in [2.45, 2.75) is 25.7 Å². The highest BCUT2D eigenvalue weighted by molar-refractivity contribution is 5.76. The molecule has 3 heteroatoms. The fourth-order valence-electron chi connectivity index (χ4n) is 1.91. The summed E-state index contributed by atoms with van der Waals surface area (Å²) in [7, 11) is 0. The van der Waals surface area contributed by atoms with Crippen LogP contribution < -0.4 is 11.1 Å². The fourth-order valence-corrected chi connectivity index (χ4v) is 1.91. The molecule has 0 heterocycles. The van der Waals surface area contributed by atoms with Crippen molar-refractivity contribution in [3.8, 4) is 0 Å². The predicted molar refractivity (Wildman–Crippen MR) is 68.5 cm³/mol. The van der Waals surface area contributed by atoms with Crippen LogP contribution in [-0.4, -0.2) is 19.0 Å². The minimum Gasteiger partial charge on any atom is -0.355 e. The number of hydrogen-bond donors (Lipinski definition) is 2. The lowest BCUT2D eigenvalue weighted by Gasteiger charge is -2.13. The first kappa shape index (κ1) is 12.1. The standard InChI is InChI=1S/C14H20N2O/c15-10-14(8-9-14)11-16-13(17)7-6-12-4-2-1-3-5-12/h1-5H,6-11,15H2,(H,16,17). The van der Waals surface area contributed by atoms with E-state index < -0.39 is 0 Å². The maximum Gasteiger partial charge on any atom is 0.220 e. The molecule has 1 aromatic carbocycles. The molecule has 0 aliphatic heterocycles. The van der Waals surface area contributed by atoms with E-state index in [1.165, 1.54) is 5.56 Å². The number of nitrogens with one attached hydrogen (secondary N) is 1. The average Bonchev–Trinajstić information content (AvgIpc) is 3.16. The van der Waals surface area contributed by atoms with Crippen LogP contribution in [0.5, 0.6) is 0 Å². The molecule has 1 fully saturated rings. The third-order valence-electron chi connectivity index (χ3n) is 3.53.